The van der Waals surface area contributed by atoms with E-state index in [4.69, 9.17) is 22.1 Å². The molecule has 0 fully saturated rings. The Bertz CT molecular complexity index is 967. The molecule has 0 saturated heterocycles. The van der Waals surface area contributed by atoms with E-state index in [0.29, 0.717) is 27.7 Å². The summed E-state index contributed by atoms with van der Waals surface area (Å²) in [5.41, 5.74) is 4.18. The number of ether oxygens (including phenoxy) is 1. The van der Waals surface area contributed by atoms with Gasteiger partial charge in [0, 0.05) is 14.8 Å². The van der Waals surface area contributed by atoms with Crippen molar-refractivity contribution in [1.82, 2.24) is 5.32 Å². The normalized spacial score (nSPS) is 14.0. The van der Waals surface area contributed by atoms with Crippen LogP contribution in [-0.4, -0.2) is 29.1 Å². The number of alkyl carbamates (subject to hydrolysis) is 1. The van der Waals surface area contributed by atoms with Gasteiger partial charge in [0.25, 0.3) is 0 Å². The fourth-order valence-corrected chi connectivity index (χ4v) is 4.21. The van der Waals surface area contributed by atoms with Gasteiger partial charge >= 0.3 is 12.3 Å². The average molecular weight is 505 g/mol. The van der Waals surface area contributed by atoms with E-state index in [-0.39, 0.29) is 6.42 Å². The lowest BCUT2D eigenvalue weighted by Gasteiger charge is -2.30. The van der Waals surface area contributed by atoms with Gasteiger partial charge in [-0.25, -0.2) is 4.79 Å². The number of hydrogen-bond donors (Lipinski definition) is 3. The van der Waals surface area contributed by atoms with Crippen LogP contribution in [0.4, 0.5) is 18.0 Å². The van der Waals surface area contributed by atoms with Gasteiger partial charge in [-0.05, 0) is 75.9 Å². The first-order valence-corrected chi connectivity index (χ1v) is 11.4. The van der Waals surface area contributed by atoms with Crippen molar-refractivity contribution in [3.63, 3.8) is 0 Å². The summed E-state index contributed by atoms with van der Waals surface area (Å²) in [5.74, 6) is 0. The van der Waals surface area contributed by atoms with E-state index >= 15 is 0 Å². The van der Waals surface area contributed by atoms with E-state index in [0.717, 1.165) is 17.7 Å². The Morgan fingerprint density at radius 1 is 1.15 bits per heavy atom. The Balaban J connectivity index is 1.97. The quantitative estimate of drug-likeness (QED) is 0.384. The number of nitrogens with two attached hydrogens (primary N) is 1. The van der Waals surface area contributed by atoms with Gasteiger partial charge < -0.3 is 20.9 Å². The predicted octanol–water partition coefficient (Wildman–Crippen LogP) is 6.00. The summed E-state index contributed by atoms with van der Waals surface area (Å²) in [6, 6.07) is 10.4. The zero-order chi connectivity index (χ0) is 24.9. The average Bonchev–Trinajstić information content (AvgIpc) is 2.67. The van der Waals surface area contributed by atoms with Gasteiger partial charge in [-0.2, -0.15) is 13.2 Å². The number of nitrogens with one attached hydrogen (secondary N) is 1. The first-order valence-electron chi connectivity index (χ1n) is 10.3. The molecular weight excluding hydrogens is 477 g/mol. The minimum absolute atomic E-state index is 0.278. The highest BCUT2D eigenvalue weighted by Gasteiger charge is 2.30. The fraction of sp³-hybridized carbons (Fsp3) is 0.435. The maximum Gasteiger partial charge on any atom is 0.416 e. The lowest BCUT2D eigenvalue weighted by atomic mass is 10.0. The van der Waals surface area contributed by atoms with Crippen LogP contribution in [0.5, 0.6) is 0 Å². The third-order valence-electron chi connectivity index (χ3n) is 4.52. The van der Waals surface area contributed by atoms with Gasteiger partial charge in [-0.3, -0.25) is 0 Å². The number of alkyl halides is 3. The van der Waals surface area contributed by atoms with E-state index in [9.17, 15) is 23.1 Å². The van der Waals surface area contributed by atoms with Crippen molar-refractivity contribution in [2.75, 3.05) is 6.61 Å². The van der Waals surface area contributed by atoms with Gasteiger partial charge in [0.1, 0.15) is 11.3 Å². The number of aliphatic hydroxyl groups is 1. The number of hydrogen-bond acceptors (Lipinski definition) is 5. The molecule has 0 saturated carbocycles. The van der Waals surface area contributed by atoms with E-state index in [1.165, 1.54) is 17.8 Å². The number of aliphatic hydroxyl groups excluding tert-OH is 1. The van der Waals surface area contributed by atoms with Crippen LogP contribution in [0.2, 0.25) is 5.02 Å². The number of amides is 1. The van der Waals surface area contributed by atoms with Gasteiger partial charge in [0.15, 0.2) is 0 Å². The molecule has 0 heterocycles. The van der Waals surface area contributed by atoms with Gasteiger partial charge in [0.05, 0.1) is 12.2 Å². The van der Waals surface area contributed by atoms with Crippen LogP contribution in [0.1, 0.15) is 44.7 Å². The van der Waals surface area contributed by atoms with E-state index in [1.807, 2.05) is 0 Å². The molecule has 4 N–H and O–H groups in total. The van der Waals surface area contributed by atoms with Crippen LogP contribution in [0.3, 0.4) is 0 Å². The third kappa shape index (κ3) is 9.08. The molecule has 2 aromatic carbocycles. The summed E-state index contributed by atoms with van der Waals surface area (Å²) in [4.78, 5) is 13.1. The number of halogens is 4. The molecule has 0 radical (unpaired) electrons. The van der Waals surface area contributed by atoms with Crippen molar-refractivity contribution in [2.45, 2.75) is 67.3 Å². The van der Waals surface area contributed by atoms with Crippen LogP contribution >= 0.6 is 23.4 Å². The minimum Gasteiger partial charge on any atom is -0.444 e. The minimum atomic E-state index is -4.40. The third-order valence-corrected chi connectivity index (χ3v) is 5.85. The SMILES string of the molecule is CC(C)(C)OC(=O)N[C@@](N)(CO)CCCc1ccc(Sc2cccc(C(F)(F)F)c2)cc1Cl. The monoisotopic (exact) mass is 504 g/mol. The second kappa shape index (κ2) is 11.0. The Kier molecular flexibility index (Phi) is 9.09. The molecule has 33 heavy (non-hydrogen) atoms. The molecule has 10 heteroatoms. The molecule has 1 atom stereocenters. The highest BCUT2D eigenvalue weighted by molar-refractivity contribution is 7.99. The van der Waals surface area contributed by atoms with Crippen LogP contribution in [-0.2, 0) is 17.3 Å². The highest BCUT2D eigenvalue weighted by atomic mass is 35.5. The lowest BCUT2D eigenvalue weighted by molar-refractivity contribution is -0.137. The second-order valence-electron chi connectivity index (χ2n) is 8.68. The van der Waals surface area contributed by atoms with Crippen LogP contribution in [0.15, 0.2) is 52.3 Å². The van der Waals surface area contributed by atoms with Gasteiger partial charge in [-0.15, -0.1) is 0 Å². The highest BCUT2D eigenvalue weighted by Crippen LogP contribution is 2.35. The van der Waals surface area contributed by atoms with Crippen molar-refractivity contribution >= 4 is 29.5 Å². The second-order valence-corrected chi connectivity index (χ2v) is 10.2. The molecule has 0 aliphatic heterocycles. The van der Waals surface area contributed by atoms with E-state index in [2.05, 4.69) is 5.32 Å². The summed E-state index contributed by atoms with van der Waals surface area (Å²) >= 11 is 7.56. The summed E-state index contributed by atoms with van der Waals surface area (Å²) in [7, 11) is 0. The largest absolute Gasteiger partial charge is 0.444 e. The molecule has 0 aliphatic carbocycles. The number of aryl methyl sites for hydroxylation is 1. The summed E-state index contributed by atoms with van der Waals surface area (Å²) in [6.07, 6.45) is -3.79. The zero-order valence-corrected chi connectivity index (χ0v) is 20.2. The van der Waals surface area contributed by atoms with Crippen molar-refractivity contribution in [3.8, 4) is 0 Å². The molecule has 0 aromatic heterocycles. The van der Waals surface area contributed by atoms with Crippen LogP contribution < -0.4 is 11.1 Å². The standard InChI is InChI=1S/C23H28ClF3N2O3S/c1-21(2,3)32-20(31)29-22(28,14-30)11-5-6-15-9-10-18(13-19(15)24)33-17-8-4-7-16(12-17)23(25,26)27/h4,7-10,12-13,30H,5-6,11,14,28H2,1-3H3,(H,29,31)/t22-/m1/s1. The topological polar surface area (TPSA) is 84.6 Å². The Morgan fingerprint density at radius 3 is 2.39 bits per heavy atom. The molecule has 0 aliphatic rings. The molecule has 2 rings (SSSR count). The van der Waals surface area contributed by atoms with Gasteiger partial charge in [-0.1, -0.05) is 35.5 Å². The number of carbonyl (C=O) groups excluding carboxylic acids is 1. The first-order chi connectivity index (χ1) is 15.2. The zero-order valence-electron chi connectivity index (χ0n) is 18.6. The summed E-state index contributed by atoms with van der Waals surface area (Å²) in [5, 5.41) is 12.6. The van der Waals surface area contributed by atoms with Crippen LogP contribution in [0, 0.1) is 0 Å². The smallest absolute Gasteiger partial charge is 0.416 e. The number of rotatable bonds is 8. The maximum absolute atomic E-state index is 12.9. The molecule has 0 bridgehead atoms. The van der Waals surface area contributed by atoms with Crippen molar-refractivity contribution in [3.05, 3.63) is 58.6 Å². The maximum atomic E-state index is 12.9. The molecule has 0 unspecified atom stereocenters. The molecule has 182 valence electrons. The molecular formula is C23H28ClF3N2O3S. The van der Waals surface area contributed by atoms with Crippen molar-refractivity contribution < 1.29 is 27.8 Å². The van der Waals surface area contributed by atoms with Gasteiger partial charge in [0.2, 0.25) is 0 Å². The molecule has 2 aromatic rings. The molecule has 5 nitrogen and oxygen atoms in total. The number of benzene rings is 2. The summed E-state index contributed by atoms with van der Waals surface area (Å²) < 4.78 is 43.9. The molecule has 0 spiro atoms. The van der Waals surface area contributed by atoms with Crippen molar-refractivity contribution in [2.24, 2.45) is 5.73 Å². The first kappa shape index (κ1) is 27.3. The Labute approximate surface area is 200 Å². The fourth-order valence-electron chi connectivity index (χ4n) is 2.95. The Morgan fingerprint density at radius 2 is 1.82 bits per heavy atom. The van der Waals surface area contributed by atoms with Crippen molar-refractivity contribution in [1.29, 1.82) is 0 Å². The lowest BCUT2D eigenvalue weighted by Crippen LogP contribution is -2.59. The molecule has 1 amide bonds. The predicted molar refractivity (Wildman–Crippen MR) is 123 cm³/mol. The summed E-state index contributed by atoms with van der Waals surface area (Å²) in [6.45, 7) is 4.70. The van der Waals surface area contributed by atoms with E-state index in [1.54, 1.807) is 45.0 Å². The Hall–Kier alpha value is -1.94. The van der Waals surface area contributed by atoms with Crippen LogP contribution in [0.25, 0.3) is 0 Å². The van der Waals surface area contributed by atoms with E-state index < -0.39 is 35.7 Å². The number of carbonyl (C=O) groups is 1.